The number of pyridine rings is 1. The minimum absolute atomic E-state index is 0.451. The molecular weight excluding hydrogens is 286 g/mol. The van der Waals surface area contributed by atoms with Gasteiger partial charge in [0.25, 0.3) is 0 Å². The van der Waals surface area contributed by atoms with Crippen LogP contribution >= 0.6 is 0 Å². The minimum atomic E-state index is -3.24. The van der Waals surface area contributed by atoms with E-state index in [0.29, 0.717) is 6.54 Å². The van der Waals surface area contributed by atoms with Crippen LogP contribution in [0.1, 0.15) is 19.4 Å². The third kappa shape index (κ3) is 4.41. The number of aryl methyl sites for hydroxylation is 1. The van der Waals surface area contributed by atoms with Gasteiger partial charge < -0.3 is 5.32 Å². The Morgan fingerprint density at radius 1 is 1.24 bits per heavy atom. The highest BCUT2D eigenvalue weighted by Crippen LogP contribution is 2.20. The molecule has 0 aliphatic heterocycles. The molecule has 114 valence electrons. The van der Waals surface area contributed by atoms with E-state index in [4.69, 9.17) is 0 Å². The number of nitrogens with one attached hydrogen (secondary N) is 2. The molecule has 0 unspecified atom stereocenters. The van der Waals surface area contributed by atoms with Gasteiger partial charge in [0.2, 0.25) is 10.0 Å². The van der Waals surface area contributed by atoms with Crippen LogP contribution in [0.4, 0.5) is 5.82 Å². The fraction of sp³-hybridized carbons (Fsp3) is 0.400. The molecule has 1 aromatic carbocycles. The molecule has 0 saturated heterocycles. The molecule has 1 aromatic heterocycles. The molecule has 0 aliphatic rings. The zero-order valence-electron chi connectivity index (χ0n) is 12.8. The summed E-state index contributed by atoms with van der Waals surface area (Å²) in [4.78, 5) is 4.59. The number of aromatic nitrogens is 1. The van der Waals surface area contributed by atoms with E-state index in [1.807, 2.05) is 45.0 Å². The van der Waals surface area contributed by atoms with Crippen molar-refractivity contribution in [1.82, 2.24) is 9.71 Å². The Labute approximate surface area is 125 Å². The van der Waals surface area contributed by atoms with Crippen LogP contribution in [0, 0.1) is 6.92 Å². The number of nitrogens with zero attached hydrogens (tertiary/aromatic N) is 1. The maximum atomic E-state index is 11.3. The summed E-state index contributed by atoms with van der Waals surface area (Å²) in [5.41, 5.74) is 1.36. The van der Waals surface area contributed by atoms with Gasteiger partial charge in [-0.3, -0.25) is 0 Å². The first-order valence-electron chi connectivity index (χ1n) is 6.75. The van der Waals surface area contributed by atoms with Gasteiger partial charge in [-0.15, -0.1) is 0 Å². The maximum absolute atomic E-state index is 11.3. The number of hydrogen-bond acceptors (Lipinski definition) is 4. The van der Waals surface area contributed by atoms with E-state index >= 15 is 0 Å². The SMILES string of the molecule is Cc1cc2ccccc2nc1NCC(C)(C)NS(C)(=O)=O. The Kier molecular flexibility index (Phi) is 4.20. The fourth-order valence-electron chi connectivity index (χ4n) is 2.24. The predicted octanol–water partition coefficient (Wildman–Crippen LogP) is 2.28. The van der Waals surface area contributed by atoms with E-state index in [-0.39, 0.29) is 0 Å². The highest BCUT2D eigenvalue weighted by atomic mass is 32.2. The van der Waals surface area contributed by atoms with Crippen LogP contribution in [0.3, 0.4) is 0 Å². The second-order valence-electron chi connectivity index (χ2n) is 5.96. The zero-order valence-corrected chi connectivity index (χ0v) is 13.6. The summed E-state index contributed by atoms with van der Waals surface area (Å²) in [5.74, 6) is 0.775. The molecule has 0 bridgehead atoms. The summed E-state index contributed by atoms with van der Waals surface area (Å²) in [6.45, 7) is 6.10. The first-order valence-corrected chi connectivity index (χ1v) is 8.65. The first-order chi connectivity index (χ1) is 9.66. The standard InChI is InChI=1S/C15H21N3O2S/c1-11-9-12-7-5-6-8-13(12)17-14(11)16-10-15(2,3)18-21(4,19)20/h5-9,18H,10H2,1-4H3,(H,16,17). The van der Waals surface area contributed by atoms with Crippen LogP contribution in [0.15, 0.2) is 30.3 Å². The Hall–Kier alpha value is -1.66. The average Bonchev–Trinajstić information content (AvgIpc) is 2.33. The van der Waals surface area contributed by atoms with Crippen molar-refractivity contribution in [1.29, 1.82) is 0 Å². The van der Waals surface area contributed by atoms with Crippen LogP contribution in [0.2, 0.25) is 0 Å². The van der Waals surface area contributed by atoms with Gasteiger partial charge in [-0.2, -0.15) is 0 Å². The van der Waals surface area contributed by atoms with Crippen molar-refractivity contribution in [3.05, 3.63) is 35.9 Å². The lowest BCUT2D eigenvalue weighted by Gasteiger charge is -2.26. The summed E-state index contributed by atoms with van der Waals surface area (Å²) in [7, 11) is -3.24. The molecular formula is C15H21N3O2S. The molecule has 2 N–H and O–H groups in total. The van der Waals surface area contributed by atoms with E-state index in [1.165, 1.54) is 0 Å². The van der Waals surface area contributed by atoms with Crippen molar-refractivity contribution in [2.45, 2.75) is 26.3 Å². The van der Waals surface area contributed by atoms with Gasteiger partial charge in [-0.1, -0.05) is 18.2 Å². The second kappa shape index (κ2) is 5.61. The quantitative estimate of drug-likeness (QED) is 0.889. The Bertz CT molecular complexity index is 755. The molecule has 0 fully saturated rings. The number of para-hydroxylation sites is 1. The summed E-state index contributed by atoms with van der Waals surface area (Å²) in [6.07, 6.45) is 1.16. The van der Waals surface area contributed by atoms with Gasteiger partial charge in [-0.05, 0) is 38.5 Å². The number of sulfonamides is 1. The largest absolute Gasteiger partial charge is 0.368 e. The van der Waals surface area contributed by atoms with Gasteiger partial charge in [0.15, 0.2) is 0 Å². The number of rotatable bonds is 5. The molecule has 0 radical (unpaired) electrons. The number of hydrogen-bond donors (Lipinski definition) is 2. The van der Waals surface area contributed by atoms with Crippen molar-refractivity contribution >= 4 is 26.7 Å². The predicted molar refractivity (Wildman–Crippen MR) is 87.0 cm³/mol. The van der Waals surface area contributed by atoms with Gasteiger partial charge in [0.05, 0.1) is 11.8 Å². The molecule has 5 nitrogen and oxygen atoms in total. The topological polar surface area (TPSA) is 71.1 Å². The van der Waals surface area contributed by atoms with Gasteiger partial charge >= 0.3 is 0 Å². The normalized spacial score (nSPS) is 12.6. The number of anilines is 1. The maximum Gasteiger partial charge on any atom is 0.209 e. The van der Waals surface area contributed by atoms with E-state index < -0.39 is 15.6 Å². The minimum Gasteiger partial charge on any atom is -0.368 e. The van der Waals surface area contributed by atoms with Crippen molar-refractivity contribution in [2.75, 3.05) is 18.1 Å². The van der Waals surface area contributed by atoms with Crippen molar-refractivity contribution in [2.24, 2.45) is 0 Å². The lowest BCUT2D eigenvalue weighted by molar-refractivity contribution is 0.476. The van der Waals surface area contributed by atoms with Gasteiger partial charge in [0.1, 0.15) is 5.82 Å². The summed E-state index contributed by atoms with van der Waals surface area (Å²) in [6, 6.07) is 9.98. The van der Waals surface area contributed by atoms with Crippen LogP contribution in [-0.2, 0) is 10.0 Å². The average molecular weight is 307 g/mol. The fourth-order valence-corrected chi connectivity index (χ4v) is 3.32. The second-order valence-corrected chi connectivity index (χ2v) is 7.71. The van der Waals surface area contributed by atoms with Crippen LogP contribution in [-0.4, -0.2) is 31.7 Å². The molecule has 2 aromatic rings. The Morgan fingerprint density at radius 3 is 2.57 bits per heavy atom. The molecule has 0 amide bonds. The monoisotopic (exact) mass is 307 g/mol. The van der Waals surface area contributed by atoms with Gasteiger partial charge in [0, 0.05) is 17.5 Å². The Morgan fingerprint density at radius 2 is 1.90 bits per heavy atom. The van der Waals surface area contributed by atoms with Crippen LogP contribution < -0.4 is 10.0 Å². The lowest BCUT2D eigenvalue weighted by Crippen LogP contribution is -2.47. The third-order valence-corrected chi connectivity index (χ3v) is 4.00. The molecule has 0 aliphatic carbocycles. The molecule has 21 heavy (non-hydrogen) atoms. The van der Waals surface area contributed by atoms with Crippen molar-refractivity contribution in [3.8, 4) is 0 Å². The molecule has 1 heterocycles. The third-order valence-electron chi connectivity index (χ3n) is 3.07. The van der Waals surface area contributed by atoms with E-state index in [1.54, 1.807) is 0 Å². The van der Waals surface area contributed by atoms with Crippen LogP contribution in [0.5, 0.6) is 0 Å². The van der Waals surface area contributed by atoms with Crippen LogP contribution in [0.25, 0.3) is 10.9 Å². The molecule has 2 rings (SSSR count). The van der Waals surface area contributed by atoms with E-state index in [2.05, 4.69) is 21.1 Å². The van der Waals surface area contributed by atoms with E-state index in [0.717, 1.165) is 28.5 Å². The van der Waals surface area contributed by atoms with Gasteiger partial charge in [-0.25, -0.2) is 18.1 Å². The highest BCUT2D eigenvalue weighted by Gasteiger charge is 2.22. The summed E-state index contributed by atoms with van der Waals surface area (Å²) < 4.78 is 25.3. The van der Waals surface area contributed by atoms with Crippen molar-refractivity contribution in [3.63, 3.8) is 0 Å². The summed E-state index contributed by atoms with van der Waals surface area (Å²) in [5, 5.41) is 4.32. The number of fused-ring (bicyclic) bond motifs is 1. The smallest absolute Gasteiger partial charge is 0.209 e. The van der Waals surface area contributed by atoms with E-state index in [9.17, 15) is 8.42 Å². The lowest BCUT2D eigenvalue weighted by atomic mass is 10.1. The summed E-state index contributed by atoms with van der Waals surface area (Å²) >= 11 is 0. The Balaban J connectivity index is 2.18. The molecule has 0 saturated carbocycles. The number of benzene rings is 1. The zero-order chi connectivity index (χ0) is 15.7. The molecule has 0 atom stereocenters. The molecule has 0 spiro atoms. The highest BCUT2D eigenvalue weighted by molar-refractivity contribution is 7.88. The van der Waals surface area contributed by atoms with Crippen molar-refractivity contribution < 1.29 is 8.42 Å². The molecule has 6 heteroatoms. The first kappa shape index (κ1) is 15.7.